The zero-order chi connectivity index (χ0) is 14.0. The fraction of sp³-hybridized carbons (Fsp3) is 0.385. The van der Waals surface area contributed by atoms with Crippen LogP contribution >= 0.6 is 43.2 Å². The van der Waals surface area contributed by atoms with Crippen molar-refractivity contribution in [2.45, 2.75) is 26.3 Å². The summed E-state index contributed by atoms with van der Waals surface area (Å²) < 4.78 is 1.97. The van der Waals surface area contributed by atoms with Gasteiger partial charge in [0.2, 0.25) is 0 Å². The molecule has 0 atom stereocenters. The van der Waals surface area contributed by atoms with E-state index in [0.717, 1.165) is 27.3 Å². The minimum Gasteiger partial charge on any atom is -0.354 e. The van der Waals surface area contributed by atoms with Crippen molar-refractivity contribution >= 4 is 49.0 Å². The van der Waals surface area contributed by atoms with Crippen LogP contribution in [0.25, 0.3) is 0 Å². The van der Waals surface area contributed by atoms with E-state index in [4.69, 9.17) is 0 Å². The highest BCUT2D eigenvalue weighted by Gasteiger charge is 2.11. The molecule has 2 aromatic heterocycles. The Hall–Kier alpha value is -0.460. The van der Waals surface area contributed by atoms with Crippen LogP contribution in [-0.4, -0.2) is 17.0 Å². The molecule has 0 spiro atoms. The van der Waals surface area contributed by atoms with Crippen molar-refractivity contribution in [2.24, 2.45) is 0 Å². The van der Waals surface area contributed by atoms with Crippen LogP contribution < -0.4 is 4.90 Å². The number of hydrogen-bond donors (Lipinski definition) is 0. The first-order chi connectivity index (χ1) is 8.95. The van der Waals surface area contributed by atoms with Gasteiger partial charge in [-0.1, -0.05) is 13.8 Å². The fourth-order valence-electron chi connectivity index (χ4n) is 1.63. The van der Waals surface area contributed by atoms with Crippen molar-refractivity contribution in [1.29, 1.82) is 0 Å². The maximum absolute atomic E-state index is 4.61. The summed E-state index contributed by atoms with van der Waals surface area (Å²) >= 11 is 8.68. The van der Waals surface area contributed by atoms with Crippen molar-refractivity contribution in [2.75, 3.05) is 11.9 Å². The maximum Gasteiger partial charge on any atom is 0.134 e. The van der Waals surface area contributed by atoms with Gasteiger partial charge in [0.1, 0.15) is 16.2 Å². The largest absolute Gasteiger partial charge is 0.354 e. The van der Waals surface area contributed by atoms with Gasteiger partial charge in [-0.3, -0.25) is 0 Å². The highest BCUT2D eigenvalue weighted by atomic mass is 79.9. The van der Waals surface area contributed by atoms with Crippen LogP contribution in [0.4, 0.5) is 5.82 Å². The number of thiophene rings is 1. The summed E-state index contributed by atoms with van der Waals surface area (Å²) in [6, 6.07) is 4.09. The standard InChI is InChI=1S/C13H15Br2N3S/c1-8(2)13-16-11(15)5-12(17-13)18(3)6-10-4-9(14)7-19-10/h4-5,7-8H,6H2,1-3H3. The van der Waals surface area contributed by atoms with Crippen molar-refractivity contribution in [3.8, 4) is 0 Å². The Morgan fingerprint density at radius 2 is 2.00 bits per heavy atom. The van der Waals surface area contributed by atoms with E-state index in [-0.39, 0.29) is 0 Å². The summed E-state index contributed by atoms with van der Waals surface area (Å²) in [5.41, 5.74) is 0. The normalized spacial score (nSPS) is 11.1. The smallest absolute Gasteiger partial charge is 0.134 e. The molecule has 0 N–H and O–H groups in total. The molecule has 2 rings (SSSR count). The second-order valence-electron chi connectivity index (χ2n) is 4.65. The lowest BCUT2D eigenvalue weighted by Gasteiger charge is -2.18. The summed E-state index contributed by atoms with van der Waals surface area (Å²) in [6.45, 7) is 5.04. The molecule has 2 heterocycles. The lowest BCUT2D eigenvalue weighted by molar-refractivity contribution is 0.758. The first kappa shape index (κ1) is 14.9. The van der Waals surface area contributed by atoms with Gasteiger partial charge in [0.05, 0.1) is 6.54 Å². The molecular formula is C13H15Br2N3S. The molecule has 102 valence electrons. The third-order valence-corrected chi connectivity index (χ3v) is 4.71. The minimum absolute atomic E-state index is 0.320. The van der Waals surface area contributed by atoms with Crippen molar-refractivity contribution in [3.63, 3.8) is 0 Å². The number of nitrogens with zero attached hydrogens (tertiary/aromatic N) is 3. The zero-order valence-electron chi connectivity index (χ0n) is 11.0. The molecule has 0 radical (unpaired) electrons. The van der Waals surface area contributed by atoms with E-state index >= 15 is 0 Å². The third kappa shape index (κ3) is 4.00. The van der Waals surface area contributed by atoms with Gasteiger partial charge in [0, 0.05) is 33.8 Å². The van der Waals surface area contributed by atoms with Gasteiger partial charge in [0.25, 0.3) is 0 Å². The summed E-state index contributed by atoms with van der Waals surface area (Å²) in [7, 11) is 2.05. The van der Waals surface area contributed by atoms with Crippen LogP contribution in [0.15, 0.2) is 26.6 Å². The monoisotopic (exact) mass is 403 g/mol. The van der Waals surface area contributed by atoms with Crippen LogP contribution in [0.1, 0.15) is 30.5 Å². The van der Waals surface area contributed by atoms with Crippen molar-refractivity contribution in [3.05, 3.63) is 37.3 Å². The molecule has 2 aromatic rings. The minimum atomic E-state index is 0.320. The Bertz CT molecular complexity index is 569. The molecule has 0 aliphatic rings. The topological polar surface area (TPSA) is 29.0 Å². The molecule has 0 aliphatic heterocycles. The first-order valence-corrected chi connectivity index (χ1v) is 8.41. The van der Waals surface area contributed by atoms with Crippen LogP contribution in [-0.2, 0) is 6.54 Å². The van der Waals surface area contributed by atoms with Crippen molar-refractivity contribution < 1.29 is 0 Å². The van der Waals surface area contributed by atoms with Crippen LogP contribution in [0.5, 0.6) is 0 Å². The zero-order valence-corrected chi connectivity index (χ0v) is 15.0. The van der Waals surface area contributed by atoms with Gasteiger partial charge in [-0.05, 0) is 37.9 Å². The van der Waals surface area contributed by atoms with E-state index in [1.807, 2.05) is 13.1 Å². The first-order valence-electron chi connectivity index (χ1n) is 5.94. The van der Waals surface area contributed by atoms with E-state index < -0.39 is 0 Å². The third-order valence-electron chi connectivity index (χ3n) is 2.62. The molecule has 0 aromatic carbocycles. The number of aromatic nitrogens is 2. The molecule has 0 saturated carbocycles. The molecular weight excluding hydrogens is 390 g/mol. The van der Waals surface area contributed by atoms with E-state index in [2.05, 4.69) is 72.0 Å². The Labute approximate surface area is 134 Å². The molecule has 6 heteroatoms. The van der Waals surface area contributed by atoms with Crippen LogP contribution in [0.3, 0.4) is 0 Å². The number of hydrogen-bond acceptors (Lipinski definition) is 4. The molecule has 0 fully saturated rings. The molecule has 0 unspecified atom stereocenters. The second kappa shape index (κ2) is 6.33. The highest BCUT2D eigenvalue weighted by Crippen LogP contribution is 2.24. The summed E-state index contributed by atoms with van der Waals surface area (Å²) in [5, 5.41) is 2.10. The van der Waals surface area contributed by atoms with Gasteiger partial charge in [-0.25, -0.2) is 9.97 Å². The Kier molecular flexibility index (Phi) is 4.97. The lowest BCUT2D eigenvalue weighted by Crippen LogP contribution is -2.18. The van der Waals surface area contributed by atoms with Gasteiger partial charge >= 0.3 is 0 Å². The molecule has 0 bridgehead atoms. The molecule has 0 amide bonds. The second-order valence-corrected chi connectivity index (χ2v) is 7.37. The van der Waals surface area contributed by atoms with Gasteiger partial charge in [-0.15, -0.1) is 11.3 Å². The number of rotatable bonds is 4. The van der Waals surface area contributed by atoms with E-state index in [0.29, 0.717) is 5.92 Å². The van der Waals surface area contributed by atoms with Gasteiger partial charge in [-0.2, -0.15) is 0 Å². The SMILES string of the molecule is CC(C)c1nc(Br)cc(N(C)Cc2cc(Br)cs2)n1. The number of halogens is 2. The maximum atomic E-state index is 4.61. The summed E-state index contributed by atoms with van der Waals surface area (Å²) in [6.07, 6.45) is 0. The van der Waals surface area contributed by atoms with Gasteiger partial charge in [0.15, 0.2) is 0 Å². The molecule has 0 saturated heterocycles. The average Bonchev–Trinajstić information content (AvgIpc) is 2.73. The molecule has 19 heavy (non-hydrogen) atoms. The molecule has 0 aliphatic carbocycles. The van der Waals surface area contributed by atoms with Crippen LogP contribution in [0.2, 0.25) is 0 Å². The summed E-state index contributed by atoms with van der Waals surface area (Å²) in [5.74, 6) is 2.12. The molecule has 3 nitrogen and oxygen atoms in total. The lowest BCUT2D eigenvalue weighted by atomic mass is 10.2. The predicted molar refractivity (Wildman–Crippen MR) is 87.9 cm³/mol. The van der Waals surface area contributed by atoms with Gasteiger partial charge < -0.3 is 4.90 Å². The Morgan fingerprint density at radius 3 is 2.58 bits per heavy atom. The van der Waals surface area contributed by atoms with E-state index in [1.165, 1.54) is 4.88 Å². The Morgan fingerprint density at radius 1 is 1.26 bits per heavy atom. The van der Waals surface area contributed by atoms with E-state index in [1.54, 1.807) is 11.3 Å². The quantitative estimate of drug-likeness (QED) is 0.683. The average molecular weight is 405 g/mol. The van der Waals surface area contributed by atoms with Crippen molar-refractivity contribution in [1.82, 2.24) is 9.97 Å². The Balaban J connectivity index is 2.20. The number of anilines is 1. The van der Waals surface area contributed by atoms with E-state index in [9.17, 15) is 0 Å². The summed E-state index contributed by atoms with van der Waals surface area (Å²) in [4.78, 5) is 12.5. The van der Waals surface area contributed by atoms with Crippen LogP contribution in [0, 0.1) is 0 Å². The predicted octanol–water partition coefficient (Wildman–Crippen LogP) is 4.82. The fourth-order valence-corrected chi connectivity index (χ4v) is 3.52. The highest BCUT2D eigenvalue weighted by molar-refractivity contribution is 9.10.